The van der Waals surface area contributed by atoms with Crippen LogP contribution >= 0.6 is 0 Å². The van der Waals surface area contributed by atoms with Gasteiger partial charge < -0.3 is 14.4 Å². The number of hydrogen-bond donors (Lipinski definition) is 0. The summed E-state index contributed by atoms with van der Waals surface area (Å²) in [5.74, 6) is 4.90. The first-order chi connectivity index (χ1) is 48.4. The van der Waals surface area contributed by atoms with Crippen LogP contribution < -0.4 is 9.80 Å². The van der Waals surface area contributed by atoms with Crippen molar-refractivity contribution in [2.24, 2.45) is 35.5 Å². The maximum atomic E-state index is 2.78. The van der Waals surface area contributed by atoms with Crippen molar-refractivity contribution < 1.29 is 0 Å². The van der Waals surface area contributed by atoms with Crippen LogP contribution in [0.3, 0.4) is 0 Å². The molecule has 3 heteroatoms. The molecule has 8 bridgehead atoms. The molecular formula is C95H79N3. The van der Waals surface area contributed by atoms with Crippen molar-refractivity contribution in [2.75, 3.05) is 9.80 Å². The van der Waals surface area contributed by atoms with Gasteiger partial charge in [0.2, 0.25) is 0 Å². The zero-order valence-corrected chi connectivity index (χ0v) is 55.6. The number of benzene rings is 13. The van der Waals surface area contributed by atoms with E-state index in [1.807, 2.05) is 0 Å². The van der Waals surface area contributed by atoms with Gasteiger partial charge in [-0.05, 0) is 263 Å². The Kier molecular flexibility index (Phi) is 12.9. The number of hydrogen-bond acceptors (Lipinski definition) is 2. The number of nitrogens with zero attached hydrogens (tertiary/aromatic N) is 3. The third kappa shape index (κ3) is 9.00. The van der Waals surface area contributed by atoms with Gasteiger partial charge >= 0.3 is 0 Å². The monoisotopic (exact) mass is 1260 g/mol. The van der Waals surface area contributed by atoms with Crippen molar-refractivity contribution >= 4 is 77.5 Å². The zero-order valence-electron chi connectivity index (χ0n) is 55.6. The Balaban J connectivity index is 0.872. The molecule has 9 aliphatic rings. The van der Waals surface area contributed by atoms with Crippen LogP contribution in [0, 0.1) is 35.5 Å². The quantitative estimate of drug-likeness (QED) is 0.0892. The third-order valence-corrected chi connectivity index (χ3v) is 25.5. The Morgan fingerprint density at radius 1 is 0.276 bits per heavy atom. The molecule has 8 saturated carbocycles. The molecule has 0 radical (unpaired) electrons. The van der Waals surface area contributed by atoms with E-state index in [0.29, 0.717) is 0 Å². The van der Waals surface area contributed by atoms with Crippen molar-refractivity contribution in [3.05, 3.63) is 319 Å². The van der Waals surface area contributed by atoms with Crippen LogP contribution in [0.5, 0.6) is 0 Å². The molecule has 0 amide bonds. The molecule has 474 valence electrons. The maximum absolute atomic E-state index is 2.78. The number of rotatable bonds is 12. The van der Waals surface area contributed by atoms with Gasteiger partial charge in [-0.2, -0.15) is 0 Å². The molecule has 0 saturated heterocycles. The summed E-state index contributed by atoms with van der Waals surface area (Å²) in [5, 5.41) is 7.70. The lowest BCUT2D eigenvalue weighted by Crippen LogP contribution is -2.48. The summed E-state index contributed by atoms with van der Waals surface area (Å²) < 4.78 is 2.50. The van der Waals surface area contributed by atoms with Crippen molar-refractivity contribution in [1.82, 2.24) is 4.57 Å². The molecule has 1 aromatic heterocycles. The topological polar surface area (TPSA) is 11.4 Å². The fourth-order valence-corrected chi connectivity index (χ4v) is 22.3. The number of aromatic nitrogens is 1. The molecule has 13 aromatic carbocycles. The van der Waals surface area contributed by atoms with Gasteiger partial charge in [-0.25, -0.2) is 0 Å². The molecule has 98 heavy (non-hydrogen) atoms. The Hall–Kier alpha value is -10.2. The van der Waals surface area contributed by atoms with Gasteiger partial charge in [0.05, 0.1) is 22.4 Å². The summed E-state index contributed by atoms with van der Waals surface area (Å²) in [5.41, 5.74) is 25.7. The molecule has 8 fully saturated rings. The Labute approximate surface area is 575 Å². The fourth-order valence-electron chi connectivity index (χ4n) is 22.3. The molecule has 0 atom stereocenters. The molecule has 0 unspecified atom stereocenters. The molecule has 3 nitrogen and oxygen atoms in total. The van der Waals surface area contributed by atoms with E-state index in [0.717, 1.165) is 58.3 Å². The summed E-state index contributed by atoms with van der Waals surface area (Å²) in [4.78, 5) is 5.41. The van der Waals surface area contributed by atoms with Crippen LogP contribution in [0.15, 0.2) is 291 Å². The standard InChI is InChI=1S/C95H79N3/c1-3-17-67(18-4-1)69-33-39-74(40-34-69)96(76-22-15-21-71(51-76)91-83-29-9-7-25-79(83)80-26-8-10-30-84(80)91)92-85-43-37-73(95-58-64-48-65(59-95)50-66(49-64)60-95)53-88(85)93(86-44-38-72(52-87(86)92)94-55-61-45-62(56-94)47-63(46-61)57-94)97(75-41-35-70(36-42-75)68-19-5-2-6-20-68)77-23-16-24-78(54-77)98-89-31-13-11-27-81(89)82-28-12-14-32-90(82)98/h1-44,51-54,61-66,91H,45-50,55-60H2. The molecule has 0 N–H and O–H groups in total. The van der Waals surface area contributed by atoms with Crippen LogP contribution in [0.1, 0.15) is 111 Å². The summed E-state index contributed by atoms with van der Waals surface area (Å²) in [6.45, 7) is 0. The first-order valence-electron chi connectivity index (χ1n) is 36.7. The number of para-hydroxylation sites is 2. The van der Waals surface area contributed by atoms with Crippen molar-refractivity contribution in [3.63, 3.8) is 0 Å². The van der Waals surface area contributed by atoms with E-state index in [9.17, 15) is 0 Å². The Bertz CT molecular complexity index is 5310. The van der Waals surface area contributed by atoms with E-state index < -0.39 is 0 Å². The first kappa shape index (κ1) is 56.9. The van der Waals surface area contributed by atoms with Gasteiger partial charge in [-0.1, -0.05) is 212 Å². The highest BCUT2D eigenvalue weighted by molar-refractivity contribution is 6.24. The van der Waals surface area contributed by atoms with Crippen molar-refractivity contribution in [3.8, 4) is 39.1 Å². The van der Waals surface area contributed by atoms with E-state index >= 15 is 0 Å². The predicted molar refractivity (Wildman–Crippen MR) is 409 cm³/mol. The van der Waals surface area contributed by atoms with Gasteiger partial charge in [0.25, 0.3) is 0 Å². The molecule has 14 aromatic rings. The van der Waals surface area contributed by atoms with Crippen LogP contribution in [-0.4, -0.2) is 4.57 Å². The molecular weight excluding hydrogens is 1180 g/mol. The normalized spacial score (nSPS) is 23.3. The SMILES string of the molecule is c1ccc(-c2ccc(N(c3cccc(C4c5ccccc5-c5ccccc54)c3)c3c4ccc(C56CC7CC(CC(C7)C5)C6)cc4c(N(c4ccc(-c5ccccc5)cc4)c4cccc(-n5c6ccccc6c6ccccc65)c4)c4ccc(C56CC7CC(CC(C7)C5)C6)cc34)cc2)cc1. The third-order valence-electron chi connectivity index (χ3n) is 25.5. The average Bonchev–Trinajstić information content (AvgIpc) is 1.16. The highest BCUT2D eigenvalue weighted by atomic mass is 15.2. The van der Waals surface area contributed by atoms with Gasteiger partial charge in [0.1, 0.15) is 0 Å². The summed E-state index contributed by atoms with van der Waals surface area (Å²) >= 11 is 0. The largest absolute Gasteiger partial charge is 0.309 e. The lowest BCUT2D eigenvalue weighted by molar-refractivity contribution is -0.00525. The average molecular weight is 1260 g/mol. The second kappa shape index (κ2) is 22.2. The second-order valence-electron chi connectivity index (χ2n) is 31.2. The minimum atomic E-state index is 0.0890. The minimum absolute atomic E-state index is 0.0890. The van der Waals surface area contributed by atoms with Crippen LogP contribution in [-0.2, 0) is 10.8 Å². The maximum Gasteiger partial charge on any atom is 0.0620 e. The number of anilines is 6. The summed E-state index contributed by atoms with van der Waals surface area (Å²) in [6, 6.07) is 113. The zero-order chi connectivity index (χ0) is 64.2. The van der Waals surface area contributed by atoms with E-state index in [2.05, 4.69) is 306 Å². The van der Waals surface area contributed by atoms with Crippen LogP contribution in [0.2, 0.25) is 0 Å². The Morgan fingerprint density at radius 3 is 1.12 bits per heavy atom. The van der Waals surface area contributed by atoms with Crippen LogP contribution in [0.4, 0.5) is 34.1 Å². The minimum Gasteiger partial charge on any atom is -0.309 e. The number of fused-ring (bicyclic) bond motifs is 8. The summed E-state index contributed by atoms with van der Waals surface area (Å²) in [7, 11) is 0. The van der Waals surface area contributed by atoms with E-state index in [4.69, 9.17) is 0 Å². The van der Waals surface area contributed by atoms with Gasteiger partial charge in [-0.15, -0.1) is 0 Å². The molecule has 0 spiro atoms. The predicted octanol–water partition coefficient (Wildman–Crippen LogP) is 25.5. The lowest BCUT2D eigenvalue weighted by atomic mass is 9.48. The fraction of sp³-hybridized carbons (Fsp3) is 0.221. The molecule has 1 heterocycles. The summed E-state index contributed by atoms with van der Waals surface area (Å²) in [6.07, 6.45) is 16.2. The van der Waals surface area contributed by atoms with Crippen molar-refractivity contribution in [1.29, 1.82) is 0 Å². The smallest absolute Gasteiger partial charge is 0.0620 e. The molecule has 23 rings (SSSR count). The van der Waals surface area contributed by atoms with E-state index in [1.54, 1.807) is 11.1 Å². The second-order valence-corrected chi connectivity index (χ2v) is 31.2. The Morgan fingerprint density at radius 2 is 0.663 bits per heavy atom. The van der Waals surface area contributed by atoms with Crippen LogP contribution in [0.25, 0.3) is 82.4 Å². The molecule has 0 aliphatic heterocycles. The van der Waals surface area contributed by atoms with Gasteiger partial charge in [0.15, 0.2) is 0 Å². The van der Waals surface area contributed by atoms with E-state index in [-0.39, 0.29) is 16.7 Å². The van der Waals surface area contributed by atoms with Gasteiger partial charge in [-0.3, -0.25) is 0 Å². The lowest BCUT2D eigenvalue weighted by Gasteiger charge is -2.57. The van der Waals surface area contributed by atoms with E-state index in [1.165, 1.54) is 188 Å². The van der Waals surface area contributed by atoms with Gasteiger partial charge in [0, 0.05) is 66.7 Å². The highest BCUT2D eigenvalue weighted by Crippen LogP contribution is 2.64. The first-order valence-corrected chi connectivity index (χ1v) is 36.7. The highest BCUT2D eigenvalue weighted by Gasteiger charge is 2.53. The molecule has 9 aliphatic carbocycles. The van der Waals surface area contributed by atoms with Crippen molar-refractivity contribution in [2.45, 2.75) is 93.8 Å².